The third kappa shape index (κ3) is 2.48. The molecule has 5 nitrogen and oxygen atoms in total. The van der Waals surface area contributed by atoms with Crippen LogP contribution in [0.5, 0.6) is 0 Å². The molecule has 5 heteroatoms. The normalized spacial score (nSPS) is 12.2. The minimum atomic E-state index is -0.830. The van der Waals surface area contributed by atoms with Gasteiger partial charge in [-0.2, -0.15) is 0 Å². The van der Waals surface area contributed by atoms with Crippen LogP contribution >= 0.6 is 0 Å². The molecule has 1 aromatic heterocycles. The molecule has 0 radical (unpaired) electrons. The van der Waals surface area contributed by atoms with Crippen LogP contribution < -0.4 is 5.69 Å². The molecule has 0 atom stereocenters. The van der Waals surface area contributed by atoms with E-state index in [1.807, 2.05) is 45.9 Å². The van der Waals surface area contributed by atoms with Gasteiger partial charge in [0.05, 0.1) is 17.5 Å². The quantitative estimate of drug-likeness (QED) is 0.901. The zero-order valence-electron chi connectivity index (χ0n) is 12.2. The number of aromatic amines is 1. The van der Waals surface area contributed by atoms with Gasteiger partial charge in [0.25, 0.3) is 0 Å². The van der Waals surface area contributed by atoms with Crippen molar-refractivity contribution >= 4 is 17.0 Å². The number of carboxylic acids is 1. The lowest BCUT2D eigenvalue weighted by molar-refractivity contribution is -0.138. The van der Waals surface area contributed by atoms with Crippen molar-refractivity contribution in [1.29, 1.82) is 0 Å². The van der Waals surface area contributed by atoms with Crippen LogP contribution in [0.1, 0.15) is 45.7 Å². The van der Waals surface area contributed by atoms with Gasteiger partial charge in [0, 0.05) is 11.5 Å². The predicted octanol–water partition coefficient (Wildman–Crippen LogP) is 2.66. The molecule has 0 fully saturated rings. The van der Waals surface area contributed by atoms with Gasteiger partial charge >= 0.3 is 11.7 Å². The van der Waals surface area contributed by atoms with E-state index in [-0.39, 0.29) is 18.2 Å². The summed E-state index contributed by atoms with van der Waals surface area (Å²) in [5.74, 6) is -0.830. The van der Waals surface area contributed by atoms with Crippen molar-refractivity contribution in [1.82, 2.24) is 9.55 Å². The summed E-state index contributed by atoms with van der Waals surface area (Å²) in [7, 11) is 0. The number of hydrogen-bond acceptors (Lipinski definition) is 2. The van der Waals surface area contributed by atoms with Crippen LogP contribution in [0.2, 0.25) is 0 Å². The highest BCUT2D eigenvalue weighted by Gasteiger charge is 2.25. The van der Waals surface area contributed by atoms with Crippen LogP contribution in [0.4, 0.5) is 0 Å². The minimum absolute atomic E-state index is 0.0492. The van der Waals surface area contributed by atoms with Gasteiger partial charge < -0.3 is 10.1 Å². The molecule has 1 heterocycles. The average molecular weight is 276 g/mol. The molecular weight excluding hydrogens is 256 g/mol. The Bertz CT molecular complexity index is 707. The molecule has 2 aromatic rings. The largest absolute Gasteiger partial charge is 0.481 e. The van der Waals surface area contributed by atoms with E-state index in [1.54, 1.807) is 4.57 Å². The molecule has 0 saturated heterocycles. The maximum absolute atomic E-state index is 11.9. The molecule has 0 spiro atoms. The fourth-order valence-corrected chi connectivity index (χ4v) is 2.54. The molecule has 0 unspecified atom stereocenters. The lowest BCUT2D eigenvalue weighted by Crippen LogP contribution is -2.21. The van der Waals surface area contributed by atoms with Crippen molar-refractivity contribution in [3.8, 4) is 0 Å². The number of nitrogens with zero attached hydrogens (tertiary/aromatic N) is 1. The van der Waals surface area contributed by atoms with Gasteiger partial charge in [-0.3, -0.25) is 9.36 Å². The molecule has 0 aliphatic rings. The van der Waals surface area contributed by atoms with Crippen LogP contribution in [0.3, 0.4) is 0 Å². The smallest absolute Gasteiger partial charge is 0.326 e. The van der Waals surface area contributed by atoms with Crippen molar-refractivity contribution in [2.45, 2.75) is 45.6 Å². The standard InChI is InChI=1S/C15H20N2O3/c1-9(2)17-12-6-5-10(7-11(12)16-14(17)20)15(3,4)8-13(18)19/h5-7,9H,8H2,1-4H3,(H,16,20)(H,18,19). The van der Waals surface area contributed by atoms with Gasteiger partial charge in [-0.1, -0.05) is 19.9 Å². The second-order valence-electron chi connectivity index (χ2n) is 6.08. The first kappa shape index (κ1) is 14.4. The Labute approximate surface area is 117 Å². The Morgan fingerprint density at radius 1 is 1.40 bits per heavy atom. The zero-order chi connectivity index (χ0) is 15.1. The highest BCUT2D eigenvalue weighted by atomic mass is 16.4. The summed E-state index contributed by atoms with van der Waals surface area (Å²) in [6.07, 6.45) is 0.0492. The van der Waals surface area contributed by atoms with Gasteiger partial charge in [0.15, 0.2) is 0 Å². The van der Waals surface area contributed by atoms with Crippen LogP contribution in [-0.4, -0.2) is 20.6 Å². The monoisotopic (exact) mass is 276 g/mol. The van der Waals surface area contributed by atoms with Crippen molar-refractivity contribution in [2.24, 2.45) is 0 Å². The topological polar surface area (TPSA) is 75.1 Å². The van der Waals surface area contributed by atoms with Crippen LogP contribution in [-0.2, 0) is 10.2 Å². The lowest BCUT2D eigenvalue weighted by atomic mass is 9.81. The summed E-state index contributed by atoms with van der Waals surface area (Å²) in [4.78, 5) is 25.7. The Morgan fingerprint density at radius 2 is 2.05 bits per heavy atom. The molecule has 2 N–H and O–H groups in total. The summed E-state index contributed by atoms with van der Waals surface area (Å²) in [6, 6.07) is 5.73. The molecule has 2 rings (SSSR count). The van der Waals surface area contributed by atoms with Crippen LogP contribution in [0.15, 0.2) is 23.0 Å². The summed E-state index contributed by atoms with van der Waals surface area (Å²) in [5.41, 5.74) is 1.89. The SMILES string of the molecule is CC(C)n1c(=O)[nH]c2cc(C(C)(C)CC(=O)O)ccc21. The second kappa shape index (κ2) is 4.81. The first-order chi connectivity index (χ1) is 9.22. The van der Waals surface area contributed by atoms with E-state index in [9.17, 15) is 9.59 Å². The van der Waals surface area contributed by atoms with Crippen molar-refractivity contribution in [2.75, 3.05) is 0 Å². The van der Waals surface area contributed by atoms with Gasteiger partial charge in [-0.15, -0.1) is 0 Å². The minimum Gasteiger partial charge on any atom is -0.481 e. The Balaban J connectivity index is 2.56. The van der Waals surface area contributed by atoms with Gasteiger partial charge in [0.2, 0.25) is 0 Å². The number of aromatic nitrogens is 2. The van der Waals surface area contributed by atoms with Crippen molar-refractivity contribution < 1.29 is 9.90 Å². The summed E-state index contributed by atoms with van der Waals surface area (Å²) < 4.78 is 1.70. The predicted molar refractivity (Wildman–Crippen MR) is 78.2 cm³/mol. The lowest BCUT2D eigenvalue weighted by Gasteiger charge is -2.23. The van der Waals surface area contributed by atoms with Gasteiger partial charge in [-0.05, 0) is 31.5 Å². The number of carboxylic acid groups (broad SMARTS) is 1. The number of imidazole rings is 1. The molecule has 0 saturated carbocycles. The summed E-state index contributed by atoms with van der Waals surface area (Å²) in [5, 5.41) is 8.98. The fraction of sp³-hybridized carbons (Fsp3) is 0.467. The maximum Gasteiger partial charge on any atom is 0.326 e. The van der Waals surface area contributed by atoms with E-state index in [4.69, 9.17) is 5.11 Å². The average Bonchev–Trinajstić information content (AvgIpc) is 2.61. The van der Waals surface area contributed by atoms with Gasteiger partial charge in [0.1, 0.15) is 0 Å². The third-order valence-electron chi connectivity index (χ3n) is 3.61. The third-order valence-corrected chi connectivity index (χ3v) is 3.61. The summed E-state index contributed by atoms with van der Waals surface area (Å²) >= 11 is 0. The van der Waals surface area contributed by atoms with E-state index in [2.05, 4.69) is 4.98 Å². The van der Waals surface area contributed by atoms with E-state index in [0.717, 1.165) is 16.6 Å². The van der Waals surface area contributed by atoms with E-state index in [0.29, 0.717) is 0 Å². The second-order valence-corrected chi connectivity index (χ2v) is 6.08. The number of rotatable bonds is 4. The van der Waals surface area contributed by atoms with Crippen molar-refractivity contribution in [3.63, 3.8) is 0 Å². The van der Waals surface area contributed by atoms with Crippen LogP contribution in [0.25, 0.3) is 11.0 Å². The first-order valence-corrected chi connectivity index (χ1v) is 6.69. The number of aliphatic carboxylic acids is 1. The Kier molecular flexibility index (Phi) is 3.46. The van der Waals surface area contributed by atoms with Gasteiger partial charge in [-0.25, -0.2) is 4.79 Å². The van der Waals surface area contributed by atoms with E-state index in [1.165, 1.54) is 0 Å². The molecule has 0 amide bonds. The summed E-state index contributed by atoms with van der Waals surface area (Å²) in [6.45, 7) is 7.69. The number of nitrogens with one attached hydrogen (secondary N) is 1. The molecule has 0 aliphatic heterocycles. The molecule has 20 heavy (non-hydrogen) atoms. The van der Waals surface area contributed by atoms with E-state index < -0.39 is 11.4 Å². The number of hydrogen-bond donors (Lipinski definition) is 2. The number of benzene rings is 1. The molecular formula is C15H20N2O3. The first-order valence-electron chi connectivity index (χ1n) is 6.69. The maximum atomic E-state index is 11.9. The Hall–Kier alpha value is -2.04. The molecule has 0 bridgehead atoms. The number of H-pyrrole nitrogens is 1. The van der Waals surface area contributed by atoms with Crippen molar-refractivity contribution in [3.05, 3.63) is 34.2 Å². The Morgan fingerprint density at radius 3 is 2.60 bits per heavy atom. The van der Waals surface area contributed by atoms with Crippen LogP contribution in [0, 0.1) is 0 Å². The zero-order valence-corrected chi connectivity index (χ0v) is 12.2. The highest BCUT2D eigenvalue weighted by molar-refractivity contribution is 5.77. The van der Waals surface area contributed by atoms with E-state index >= 15 is 0 Å². The fourth-order valence-electron chi connectivity index (χ4n) is 2.54. The highest BCUT2D eigenvalue weighted by Crippen LogP contribution is 2.29. The molecule has 0 aliphatic carbocycles. The number of carbonyl (C=O) groups is 1. The molecule has 1 aromatic carbocycles. The molecule has 108 valence electrons. The number of fused-ring (bicyclic) bond motifs is 1.